The van der Waals surface area contributed by atoms with E-state index in [2.05, 4.69) is 15.9 Å². The molecule has 92 valence electrons. The minimum atomic E-state index is -0.482. The summed E-state index contributed by atoms with van der Waals surface area (Å²) in [6.45, 7) is 5.51. The summed E-state index contributed by atoms with van der Waals surface area (Å²) >= 11 is 9.14. The molecule has 0 aromatic heterocycles. The maximum absolute atomic E-state index is 12.1. The van der Waals surface area contributed by atoms with Crippen molar-refractivity contribution in [2.45, 2.75) is 20.8 Å². The maximum Gasteiger partial charge on any atom is 0.173 e. The zero-order valence-corrected chi connectivity index (χ0v) is 12.4. The third-order valence-corrected chi connectivity index (χ3v) is 3.16. The predicted molar refractivity (Wildman–Crippen MR) is 73.4 cm³/mol. The number of carbonyl (C=O) groups excluding carboxylic acids is 2. The fourth-order valence-electron chi connectivity index (χ4n) is 1.35. The minimum Gasteiger partial charge on any atom is -0.294 e. The molecule has 0 spiro atoms. The first-order chi connectivity index (χ1) is 7.77. The first-order valence-corrected chi connectivity index (χ1v) is 6.71. The van der Waals surface area contributed by atoms with Crippen molar-refractivity contribution in [3.05, 3.63) is 34.3 Å². The monoisotopic (exact) mass is 316 g/mol. The Kier molecular flexibility index (Phi) is 4.50. The van der Waals surface area contributed by atoms with Gasteiger partial charge in [0, 0.05) is 16.5 Å². The van der Waals surface area contributed by atoms with Gasteiger partial charge in [-0.2, -0.15) is 0 Å². The van der Waals surface area contributed by atoms with E-state index in [1.54, 1.807) is 18.2 Å². The molecule has 0 unspecified atom stereocenters. The summed E-state index contributed by atoms with van der Waals surface area (Å²) in [5.41, 5.74) is 0.493. The Morgan fingerprint density at radius 1 is 1.29 bits per heavy atom. The third-order valence-electron chi connectivity index (χ3n) is 2.34. The number of ketones is 2. The van der Waals surface area contributed by atoms with Crippen molar-refractivity contribution in [1.29, 1.82) is 0 Å². The summed E-state index contributed by atoms with van der Waals surface area (Å²) in [5, 5.41) is 0.576. The number of hydrogen-bond acceptors (Lipinski definition) is 2. The van der Waals surface area contributed by atoms with Crippen molar-refractivity contribution >= 4 is 39.1 Å². The first-order valence-electron chi connectivity index (χ1n) is 5.21. The van der Waals surface area contributed by atoms with E-state index in [9.17, 15) is 9.59 Å². The number of rotatable bonds is 3. The van der Waals surface area contributed by atoms with E-state index < -0.39 is 5.41 Å². The van der Waals surface area contributed by atoms with Crippen LogP contribution >= 0.6 is 27.5 Å². The van der Waals surface area contributed by atoms with E-state index >= 15 is 0 Å². The zero-order valence-electron chi connectivity index (χ0n) is 10.0. The SMILES string of the molecule is CC(C)(C)C(=O)c1ccc(C(=O)CBr)cc1Cl. The van der Waals surface area contributed by atoms with Crippen LogP contribution in [0.2, 0.25) is 5.02 Å². The maximum atomic E-state index is 12.1. The van der Waals surface area contributed by atoms with Crippen LogP contribution in [0.15, 0.2) is 18.2 Å². The number of hydrogen-bond donors (Lipinski definition) is 0. The standard InChI is InChI=1S/C13H14BrClO2/c1-13(2,3)12(17)9-5-4-8(6-10(9)15)11(16)7-14/h4-6H,7H2,1-3H3. The second-order valence-electron chi connectivity index (χ2n) is 4.83. The summed E-state index contributed by atoms with van der Waals surface area (Å²) in [4.78, 5) is 23.5. The summed E-state index contributed by atoms with van der Waals surface area (Å²) in [6, 6.07) is 4.80. The number of Topliss-reactive ketones (excluding diaryl/α,β-unsaturated/α-hetero) is 2. The molecular formula is C13H14BrClO2. The quantitative estimate of drug-likeness (QED) is 0.620. The molecule has 0 radical (unpaired) electrons. The van der Waals surface area contributed by atoms with Crippen molar-refractivity contribution in [2.75, 3.05) is 5.33 Å². The van der Waals surface area contributed by atoms with Gasteiger partial charge in [-0.1, -0.05) is 54.4 Å². The van der Waals surface area contributed by atoms with Crippen LogP contribution in [0, 0.1) is 5.41 Å². The molecule has 0 aliphatic rings. The molecule has 0 bridgehead atoms. The lowest BCUT2D eigenvalue weighted by atomic mass is 9.86. The van der Waals surface area contributed by atoms with Gasteiger partial charge in [0.15, 0.2) is 11.6 Å². The molecule has 0 aliphatic carbocycles. The zero-order chi connectivity index (χ0) is 13.2. The van der Waals surface area contributed by atoms with Crippen LogP contribution in [0.3, 0.4) is 0 Å². The summed E-state index contributed by atoms with van der Waals surface area (Å²) in [5.74, 6) is -0.0815. The van der Waals surface area contributed by atoms with Gasteiger partial charge in [-0.3, -0.25) is 9.59 Å². The molecule has 1 aromatic rings. The molecule has 4 heteroatoms. The van der Waals surface area contributed by atoms with Crippen molar-refractivity contribution in [2.24, 2.45) is 5.41 Å². The van der Waals surface area contributed by atoms with Crippen LogP contribution in [0.1, 0.15) is 41.5 Å². The first kappa shape index (κ1) is 14.4. The van der Waals surface area contributed by atoms with E-state index in [4.69, 9.17) is 11.6 Å². The lowest BCUT2D eigenvalue weighted by Gasteiger charge is -2.17. The second-order valence-corrected chi connectivity index (χ2v) is 5.80. The van der Waals surface area contributed by atoms with Crippen molar-refractivity contribution in [3.63, 3.8) is 0 Å². The number of carbonyl (C=O) groups is 2. The Bertz CT molecular complexity index is 461. The third kappa shape index (κ3) is 3.39. The molecule has 17 heavy (non-hydrogen) atoms. The van der Waals surface area contributed by atoms with Crippen LogP contribution < -0.4 is 0 Å². The van der Waals surface area contributed by atoms with Gasteiger partial charge in [0.25, 0.3) is 0 Å². The molecule has 0 amide bonds. The highest BCUT2D eigenvalue weighted by atomic mass is 79.9. The lowest BCUT2D eigenvalue weighted by molar-refractivity contribution is 0.0858. The summed E-state index contributed by atoms with van der Waals surface area (Å²) in [7, 11) is 0. The van der Waals surface area contributed by atoms with Gasteiger partial charge < -0.3 is 0 Å². The molecule has 2 nitrogen and oxygen atoms in total. The largest absolute Gasteiger partial charge is 0.294 e. The van der Waals surface area contributed by atoms with Gasteiger partial charge in [-0.25, -0.2) is 0 Å². The fraction of sp³-hybridized carbons (Fsp3) is 0.385. The van der Waals surface area contributed by atoms with Gasteiger partial charge in [0.1, 0.15) is 0 Å². The Morgan fingerprint density at radius 3 is 2.29 bits per heavy atom. The number of benzene rings is 1. The molecule has 1 aromatic carbocycles. The van der Waals surface area contributed by atoms with Crippen LogP contribution in [0.4, 0.5) is 0 Å². The normalized spacial score (nSPS) is 11.4. The smallest absolute Gasteiger partial charge is 0.173 e. The summed E-state index contributed by atoms with van der Waals surface area (Å²) < 4.78 is 0. The lowest BCUT2D eigenvalue weighted by Crippen LogP contribution is -2.20. The summed E-state index contributed by atoms with van der Waals surface area (Å²) in [6.07, 6.45) is 0. The molecule has 0 saturated carbocycles. The fourth-order valence-corrected chi connectivity index (χ4v) is 1.94. The van der Waals surface area contributed by atoms with E-state index in [-0.39, 0.29) is 16.9 Å². The van der Waals surface area contributed by atoms with E-state index in [1.807, 2.05) is 20.8 Å². The van der Waals surface area contributed by atoms with E-state index in [0.29, 0.717) is 16.1 Å². The van der Waals surface area contributed by atoms with Crippen molar-refractivity contribution in [3.8, 4) is 0 Å². The van der Waals surface area contributed by atoms with Crippen LogP contribution in [-0.2, 0) is 0 Å². The highest BCUT2D eigenvalue weighted by Gasteiger charge is 2.25. The van der Waals surface area contributed by atoms with Gasteiger partial charge >= 0.3 is 0 Å². The van der Waals surface area contributed by atoms with Gasteiger partial charge in [0.2, 0.25) is 0 Å². The van der Waals surface area contributed by atoms with Gasteiger partial charge in [-0.05, 0) is 12.1 Å². The van der Waals surface area contributed by atoms with Crippen LogP contribution in [0.25, 0.3) is 0 Å². The highest BCUT2D eigenvalue weighted by Crippen LogP contribution is 2.27. The van der Waals surface area contributed by atoms with Crippen molar-refractivity contribution in [1.82, 2.24) is 0 Å². The predicted octanol–water partition coefficient (Wildman–Crippen LogP) is 4.15. The molecule has 0 fully saturated rings. The molecular weight excluding hydrogens is 303 g/mol. The van der Waals surface area contributed by atoms with Gasteiger partial charge in [-0.15, -0.1) is 0 Å². The Morgan fingerprint density at radius 2 is 1.88 bits per heavy atom. The molecule has 0 aliphatic heterocycles. The van der Waals surface area contributed by atoms with Crippen molar-refractivity contribution < 1.29 is 9.59 Å². The molecule has 0 atom stereocenters. The highest BCUT2D eigenvalue weighted by molar-refractivity contribution is 9.09. The van der Waals surface area contributed by atoms with Crippen LogP contribution in [0.5, 0.6) is 0 Å². The van der Waals surface area contributed by atoms with E-state index in [1.165, 1.54) is 0 Å². The second kappa shape index (κ2) is 5.32. The number of alkyl halides is 1. The topological polar surface area (TPSA) is 34.1 Å². The Hall–Kier alpha value is -0.670. The average Bonchev–Trinajstić information content (AvgIpc) is 2.25. The molecule has 0 saturated heterocycles. The average molecular weight is 318 g/mol. The Balaban J connectivity index is 3.15. The van der Waals surface area contributed by atoms with E-state index in [0.717, 1.165) is 0 Å². The molecule has 0 N–H and O–H groups in total. The van der Waals surface area contributed by atoms with Gasteiger partial charge in [0.05, 0.1) is 10.4 Å². The Labute approximate surface area is 114 Å². The molecule has 0 heterocycles. The number of halogens is 2. The minimum absolute atomic E-state index is 0.0275. The van der Waals surface area contributed by atoms with Crippen LogP contribution in [-0.4, -0.2) is 16.9 Å². The molecule has 1 rings (SSSR count).